The minimum Gasteiger partial charge on any atom is -0.507 e. The first-order chi connectivity index (χ1) is 17.1. The van der Waals surface area contributed by atoms with Crippen LogP contribution in [0.5, 0.6) is 5.75 Å². The van der Waals surface area contributed by atoms with Crippen LogP contribution in [0.25, 0.3) is 22.3 Å². The molecular weight excluding hydrogens is 438 g/mol. The van der Waals surface area contributed by atoms with E-state index in [1.54, 1.807) is 18.3 Å². The number of phenolic OH excluding ortho intramolecular Hbond substituents is 1. The molecule has 2 aromatic carbocycles. The second-order valence-corrected chi connectivity index (χ2v) is 9.10. The molecule has 35 heavy (non-hydrogen) atoms. The smallest absolute Gasteiger partial charge is 0.220 e. The average molecular weight is 472 g/mol. The van der Waals surface area contributed by atoms with Gasteiger partial charge in [-0.1, -0.05) is 24.3 Å². The van der Waals surface area contributed by atoms with Crippen molar-refractivity contribution >= 4 is 22.6 Å². The monoisotopic (exact) mass is 471 g/mol. The number of aryl methyl sites for hydroxylation is 2. The highest BCUT2D eigenvalue weighted by atomic mass is 16.3. The maximum absolute atomic E-state index is 12.5. The van der Waals surface area contributed by atoms with Crippen molar-refractivity contribution in [3.63, 3.8) is 0 Å². The molecule has 1 amide bonds. The summed E-state index contributed by atoms with van der Waals surface area (Å²) < 4.78 is 0. The van der Waals surface area contributed by atoms with Crippen LogP contribution in [0.15, 0.2) is 67.0 Å². The van der Waals surface area contributed by atoms with Crippen LogP contribution in [0, 0.1) is 6.92 Å². The lowest BCUT2D eigenvalue weighted by atomic mass is 10.0. The summed E-state index contributed by atoms with van der Waals surface area (Å²) in [4.78, 5) is 28.5. The number of rotatable bonds is 6. The van der Waals surface area contributed by atoms with E-state index in [4.69, 9.17) is 9.97 Å². The Bertz CT molecular complexity index is 1350. The van der Waals surface area contributed by atoms with Crippen molar-refractivity contribution in [1.29, 1.82) is 0 Å². The Hall–Kier alpha value is -4.00. The van der Waals surface area contributed by atoms with Crippen LogP contribution in [0.3, 0.4) is 0 Å². The number of carbonyl (C=O) groups excluding carboxylic acids is 1. The van der Waals surface area contributed by atoms with Gasteiger partial charge in [0.1, 0.15) is 11.6 Å². The van der Waals surface area contributed by atoms with Crippen LogP contribution in [-0.4, -0.2) is 45.1 Å². The summed E-state index contributed by atoms with van der Waals surface area (Å²) in [6, 6.07) is 17.4. The number of benzene rings is 2. The summed E-state index contributed by atoms with van der Waals surface area (Å²) in [7, 11) is 0. The summed E-state index contributed by atoms with van der Waals surface area (Å²) in [6.45, 7) is 3.62. The van der Waals surface area contributed by atoms with Gasteiger partial charge in [-0.15, -0.1) is 0 Å². The number of aromatic nitrogens is 3. The fourth-order valence-corrected chi connectivity index (χ4v) is 4.59. The highest BCUT2D eigenvalue weighted by Crippen LogP contribution is 2.33. The molecule has 2 aromatic heterocycles. The van der Waals surface area contributed by atoms with E-state index < -0.39 is 0 Å². The number of hydrogen-bond acceptors (Lipinski definition) is 6. The van der Waals surface area contributed by atoms with E-state index in [2.05, 4.69) is 33.4 Å². The van der Waals surface area contributed by atoms with Gasteiger partial charge in [0, 0.05) is 46.2 Å². The zero-order valence-electron chi connectivity index (χ0n) is 19.8. The van der Waals surface area contributed by atoms with Gasteiger partial charge in [0.25, 0.3) is 0 Å². The molecule has 7 heteroatoms. The van der Waals surface area contributed by atoms with Gasteiger partial charge in [-0.05, 0) is 67.6 Å². The highest BCUT2D eigenvalue weighted by Gasteiger charge is 2.24. The molecule has 7 nitrogen and oxygen atoms in total. The number of fused-ring (bicyclic) bond motifs is 1. The lowest BCUT2D eigenvalue weighted by molar-refractivity contribution is -0.121. The quantitative estimate of drug-likeness (QED) is 0.415. The Morgan fingerprint density at radius 1 is 1.11 bits per heavy atom. The molecule has 0 radical (unpaired) electrons. The topological polar surface area (TPSA) is 91.2 Å². The summed E-state index contributed by atoms with van der Waals surface area (Å²) in [5.74, 6) is 1.63. The van der Waals surface area contributed by atoms with Gasteiger partial charge in [-0.2, -0.15) is 0 Å². The standard InChI is InChI=1S/C28H29N5O2.2H2/c1-19-8-10-22-24(17-19)31-27(23-6-2-3-7-25(23)34)32-28(22)33-15-12-21(13-16-33)30-26(35)11-9-20-5-4-14-29-18-20;;/h2-8,10,14,17-18,21,34H,9,11-13,15-16H2,1H3,(H,30,35);2*1H. The minimum absolute atomic E-state index is 0. The minimum atomic E-state index is 0. The molecule has 1 aliphatic rings. The van der Waals surface area contributed by atoms with Crippen LogP contribution >= 0.6 is 0 Å². The van der Waals surface area contributed by atoms with Crippen molar-refractivity contribution in [2.75, 3.05) is 18.0 Å². The highest BCUT2D eigenvalue weighted by molar-refractivity contribution is 5.92. The summed E-state index contributed by atoms with van der Waals surface area (Å²) in [5.41, 5.74) is 3.67. The number of phenols is 1. The predicted octanol–water partition coefficient (Wildman–Crippen LogP) is 4.92. The Labute approximate surface area is 207 Å². The summed E-state index contributed by atoms with van der Waals surface area (Å²) in [5, 5.41) is 14.6. The van der Waals surface area contributed by atoms with Crippen molar-refractivity contribution in [2.24, 2.45) is 0 Å². The van der Waals surface area contributed by atoms with Crippen molar-refractivity contribution < 1.29 is 12.8 Å². The number of nitrogens with zero attached hydrogens (tertiary/aromatic N) is 4. The maximum atomic E-state index is 12.5. The molecule has 0 bridgehead atoms. The number of anilines is 1. The molecular formula is C28H33N5O2. The fraction of sp³-hybridized carbons (Fsp3) is 0.286. The molecule has 182 valence electrons. The molecule has 1 saturated heterocycles. The largest absolute Gasteiger partial charge is 0.507 e. The van der Waals surface area contributed by atoms with Gasteiger partial charge in [-0.25, -0.2) is 9.97 Å². The molecule has 1 fully saturated rings. The Kier molecular flexibility index (Phi) is 6.57. The number of aromatic hydroxyl groups is 1. The van der Waals surface area contributed by atoms with Gasteiger partial charge in [0.2, 0.25) is 5.91 Å². The first-order valence-electron chi connectivity index (χ1n) is 12.1. The molecule has 0 spiro atoms. The molecule has 0 unspecified atom stereocenters. The van der Waals surface area contributed by atoms with E-state index in [0.717, 1.165) is 53.8 Å². The zero-order chi connectivity index (χ0) is 24.2. The second kappa shape index (κ2) is 10.1. The van der Waals surface area contributed by atoms with E-state index in [-0.39, 0.29) is 20.6 Å². The molecule has 2 N–H and O–H groups in total. The van der Waals surface area contributed by atoms with E-state index in [0.29, 0.717) is 24.2 Å². The number of hydrogen-bond donors (Lipinski definition) is 2. The van der Waals surface area contributed by atoms with Crippen LogP contribution in [0.4, 0.5) is 5.82 Å². The Morgan fingerprint density at radius 2 is 1.94 bits per heavy atom. The molecule has 0 saturated carbocycles. The van der Waals surface area contributed by atoms with Crippen LogP contribution in [-0.2, 0) is 11.2 Å². The first kappa shape index (κ1) is 22.8. The average Bonchev–Trinajstić information content (AvgIpc) is 2.88. The van der Waals surface area contributed by atoms with Gasteiger partial charge in [-0.3, -0.25) is 9.78 Å². The molecule has 3 heterocycles. The zero-order valence-corrected chi connectivity index (χ0v) is 19.8. The van der Waals surface area contributed by atoms with Crippen molar-refractivity contribution in [3.8, 4) is 17.1 Å². The molecule has 0 atom stereocenters. The third-order valence-electron chi connectivity index (χ3n) is 6.50. The molecule has 1 aliphatic heterocycles. The van der Waals surface area contributed by atoms with E-state index in [1.807, 2.05) is 37.4 Å². The van der Waals surface area contributed by atoms with Gasteiger partial charge in [0.05, 0.1) is 11.1 Å². The number of para-hydroxylation sites is 1. The summed E-state index contributed by atoms with van der Waals surface area (Å²) >= 11 is 0. The Morgan fingerprint density at radius 3 is 2.71 bits per heavy atom. The predicted molar refractivity (Wildman–Crippen MR) is 142 cm³/mol. The van der Waals surface area contributed by atoms with E-state index in [1.165, 1.54) is 0 Å². The second-order valence-electron chi connectivity index (χ2n) is 9.10. The lowest BCUT2D eigenvalue weighted by Crippen LogP contribution is -2.45. The van der Waals surface area contributed by atoms with E-state index >= 15 is 0 Å². The Balaban J connectivity index is 0.00000190. The van der Waals surface area contributed by atoms with Crippen LogP contribution in [0.1, 0.15) is 33.2 Å². The number of nitrogens with one attached hydrogen (secondary N) is 1. The van der Waals surface area contributed by atoms with Crippen molar-refractivity contribution in [2.45, 2.75) is 38.6 Å². The van der Waals surface area contributed by atoms with E-state index in [9.17, 15) is 9.90 Å². The lowest BCUT2D eigenvalue weighted by Gasteiger charge is -2.34. The molecule has 5 rings (SSSR count). The number of amides is 1. The normalized spacial score (nSPS) is 14.3. The molecule has 4 aromatic rings. The third-order valence-corrected chi connectivity index (χ3v) is 6.50. The van der Waals surface area contributed by atoms with Gasteiger partial charge in [0.15, 0.2) is 5.82 Å². The summed E-state index contributed by atoms with van der Waals surface area (Å²) in [6.07, 6.45) is 6.41. The number of carbonyl (C=O) groups is 1. The van der Waals surface area contributed by atoms with Crippen molar-refractivity contribution in [3.05, 3.63) is 78.1 Å². The SMILES string of the molecule is Cc1ccc2c(N3CCC(NC(=O)CCc4cccnc4)CC3)nc(-c3ccccc3O)nc2c1.[HH].[HH]. The maximum Gasteiger partial charge on any atom is 0.220 e. The number of piperidine rings is 1. The first-order valence-corrected chi connectivity index (χ1v) is 12.1. The van der Waals surface area contributed by atoms with Crippen LogP contribution < -0.4 is 10.2 Å². The van der Waals surface area contributed by atoms with Gasteiger partial charge < -0.3 is 15.3 Å². The van der Waals surface area contributed by atoms with Crippen LogP contribution in [0.2, 0.25) is 0 Å². The fourth-order valence-electron chi connectivity index (χ4n) is 4.59. The third kappa shape index (κ3) is 5.24. The molecule has 0 aliphatic carbocycles. The van der Waals surface area contributed by atoms with Gasteiger partial charge >= 0.3 is 0 Å². The van der Waals surface area contributed by atoms with Crippen molar-refractivity contribution in [1.82, 2.24) is 20.3 Å². The number of pyridine rings is 1.